The van der Waals surface area contributed by atoms with E-state index >= 15 is 0 Å². The van der Waals surface area contributed by atoms with Crippen LogP contribution in [0.5, 0.6) is 0 Å². The first-order valence-corrected chi connectivity index (χ1v) is 7.97. The second-order valence-electron chi connectivity index (χ2n) is 5.34. The van der Waals surface area contributed by atoms with Crippen molar-refractivity contribution >= 4 is 15.9 Å². The van der Waals surface area contributed by atoms with Gasteiger partial charge < -0.3 is 14.6 Å². The van der Waals surface area contributed by atoms with Gasteiger partial charge in [0, 0.05) is 6.54 Å². The van der Waals surface area contributed by atoms with Crippen LogP contribution in [0.2, 0.25) is 0 Å². The fourth-order valence-electron chi connectivity index (χ4n) is 2.28. The summed E-state index contributed by atoms with van der Waals surface area (Å²) in [7, 11) is 4.13. The molecule has 0 saturated carbocycles. The second-order valence-corrected chi connectivity index (χ2v) is 6.20. The Morgan fingerprint density at radius 1 is 1.43 bits per heavy atom. The van der Waals surface area contributed by atoms with Crippen molar-refractivity contribution in [2.24, 2.45) is 0 Å². The van der Waals surface area contributed by atoms with Gasteiger partial charge >= 0.3 is 0 Å². The number of hydrogen-bond acceptors (Lipinski definition) is 4. The van der Waals surface area contributed by atoms with Gasteiger partial charge in [-0.25, -0.2) is 0 Å². The molecule has 0 spiro atoms. The zero-order valence-corrected chi connectivity index (χ0v) is 14.6. The molecule has 0 aliphatic heterocycles. The Kier molecular flexibility index (Phi) is 5.61. The van der Waals surface area contributed by atoms with E-state index in [0.29, 0.717) is 0 Å². The summed E-state index contributed by atoms with van der Waals surface area (Å²) < 4.78 is 8.86. The molecule has 116 valence electrons. The molecule has 1 atom stereocenters. The van der Waals surface area contributed by atoms with E-state index in [0.717, 1.165) is 41.3 Å². The van der Waals surface area contributed by atoms with Crippen LogP contribution in [0.4, 0.5) is 0 Å². The van der Waals surface area contributed by atoms with E-state index < -0.39 is 0 Å². The summed E-state index contributed by atoms with van der Waals surface area (Å²) >= 11 is 3.62. The quantitative estimate of drug-likeness (QED) is 0.830. The Bertz CT molecular complexity index is 576. The van der Waals surface area contributed by atoms with Gasteiger partial charge in [-0.15, -0.1) is 0 Å². The zero-order valence-electron chi connectivity index (χ0n) is 13.1. The number of aromatic nitrogens is 2. The van der Waals surface area contributed by atoms with E-state index in [4.69, 9.17) is 4.42 Å². The molecule has 0 bridgehead atoms. The van der Waals surface area contributed by atoms with E-state index in [2.05, 4.69) is 52.3 Å². The molecule has 0 amide bonds. The molecule has 0 saturated heterocycles. The number of furan rings is 1. The minimum absolute atomic E-state index is 0.00253. The molecule has 2 aromatic rings. The fourth-order valence-corrected chi connectivity index (χ4v) is 2.80. The number of nitrogens with one attached hydrogen (secondary N) is 1. The van der Waals surface area contributed by atoms with Crippen LogP contribution < -0.4 is 5.32 Å². The molecule has 0 radical (unpaired) electrons. The largest absolute Gasteiger partial charge is 0.464 e. The topological polar surface area (TPSA) is 46.2 Å². The highest BCUT2D eigenvalue weighted by Crippen LogP contribution is 2.29. The summed E-state index contributed by atoms with van der Waals surface area (Å²) in [6, 6.07) is 4.02. The molecule has 2 aromatic heterocycles. The molecule has 0 aliphatic carbocycles. The van der Waals surface area contributed by atoms with E-state index in [9.17, 15) is 0 Å². The maximum Gasteiger partial charge on any atom is 0.127 e. The molecule has 0 aliphatic rings. The lowest BCUT2D eigenvalue weighted by Crippen LogP contribution is -2.27. The molecule has 2 rings (SSSR count). The fraction of sp³-hybridized carbons (Fsp3) is 0.533. The molecule has 21 heavy (non-hydrogen) atoms. The second kappa shape index (κ2) is 7.24. The van der Waals surface area contributed by atoms with Crippen LogP contribution in [0.25, 0.3) is 0 Å². The van der Waals surface area contributed by atoms with Gasteiger partial charge in [-0.05, 0) is 55.6 Å². The normalized spacial score (nSPS) is 13.0. The van der Waals surface area contributed by atoms with Gasteiger partial charge in [0.1, 0.15) is 17.6 Å². The lowest BCUT2D eigenvalue weighted by atomic mass is 10.1. The van der Waals surface area contributed by atoms with Gasteiger partial charge in [-0.2, -0.15) is 5.10 Å². The lowest BCUT2D eigenvalue weighted by molar-refractivity contribution is 0.359. The predicted octanol–water partition coefficient (Wildman–Crippen LogP) is 2.81. The molecule has 0 aromatic carbocycles. The standard InChI is InChI=1S/C15H23BrN4O/c1-5-17-14(13-7-6-11(2)21-13)15-12(16)10-18-20(15)9-8-19(3)4/h6-7,10,14,17H,5,8-9H2,1-4H3. The summed E-state index contributed by atoms with van der Waals surface area (Å²) in [6.07, 6.45) is 1.85. The van der Waals surface area contributed by atoms with Crippen molar-refractivity contribution in [2.45, 2.75) is 26.4 Å². The number of likely N-dealkylation sites (N-methyl/N-ethyl adjacent to an activating group) is 1. The molecule has 1 N–H and O–H groups in total. The van der Waals surface area contributed by atoms with E-state index in [1.807, 2.05) is 29.9 Å². The van der Waals surface area contributed by atoms with Crippen molar-refractivity contribution in [1.82, 2.24) is 20.0 Å². The molecule has 5 nitrogen and oxygen atoms in total. The van der Waals surface area contributed by atoms with Crippen molar-refractivity contribution < 1.29 is 4.42 Å². The first-order chi connectivity index (χ1) is 10.0. The van der Waals surface area contributed by atoms with Crippen LogP contribution in [-0.2, 0) is 6.54 Å². The first-order valence-electron chi connectivity index (χ1n) is 7.18. The summed E-state index contributed by atoms with van der Waals surface area (Å²) in [5, 5.41) is 7.97. The third kappa shape index (κ3) is 3.96. The maximum atomic E-state index is 5.82. The van der Waals surface area contributed by atoms with Crippen molar-refractivity contribution in [3.8, 4) is 0 Å². The van der Waals surface area contributed by atoms with Crippen molar-refractivity contribution in [3.05, 3.63) is 40.0 Å². The average molecular weight is 355 g/mol. The first kappa shape index (κ1) is 16.3. The third-order valence-electron chi connectivity index (χ3n) is 3.32. The van der Waals surface area contributed by atoms with Gasteiger partial charge in [-0.1, -0.05) is 6.92 Å². The Morgan fingerprint density at radius 2 is 2.19 bits per heavy atom. The van der Waals surface area contributed by atoms with Crippen molar-refractivity contribution in [2.75, 3.05) is 27.2 Å². The molecule has 2 heterocycles. The smallest absolute Gasteiger partial charge is 0.127 e. The highest BCUT2D eigenvalue weighted by atomic mass is 79.9. The number of hydrogen-bond donors (Lipinski definition) is 1. The summed E-state index contributed by atoms with van der Waals surface area (Å²) in [5.74, 6) is 1.84. The number of aryl methyl sites for hydroxylation is 1. The zero-order chi connectivity index (χ0) is 15.4. The molecule has 6 heteroatoms. The minimum Gasteiger partial charge on any atom is -0.464 e. The monoisotopic (exact) mass is 354 g/mol. The van der Waals surface area contributed by atoms with E-state index in [-0.39, 0.29) is 6.04 Å². The van der Waals surface area contributed by atoms with Crippen LogP contribution in [-0.4, -0.2) is 41.9 Å². The molecular weight excluding hydrogens is 332 g/mol. The van der Waals surface area contributed by atoms with Gasteiger partial charge in [0.05, 0.1) is 22.9 Å². The Hall–Kier alpha value is -1.11. The Balaban J connectivity index is 2.33. The highest BCUT2D eigenvalue weighted by Gasteiger charge is 2.23. The number of rotatable bonds is 7. The average Bonchev–Trinajstić information content (AvgIpc) is 3.00. The van der Waals surface area contributed by atoms with Gasteiger partial charge in [-0.3, -0.25) is 4.68 Å². The van der Waals surface area contributed by atoms with Crippen molar-refractivity contribution in [3.63, 3.8) is 0 Å². The Morgan fingerprint density at radius 3 is 2.76 bits per heavy atom. The van der Waals surface area contributed by atoms with Crippen molar-refractivity contribution in [1.29, 1.82) is 0 Å². The van der Waals surface area contributed by atoms with Crippen LogP contribution >= 0.6 is 15.9 Å². The maximum absolute atomic E-state index is 5.82. The predicted molar refractivity (Wildman–Crippen MR) is 87.4 cm³/mol. The van der Waals surface area contributed by atoms with Gasteiger partial charge in [0.15, 0.2) is 0 Å². The van der Waals surface area contributed by atoms with Crippen LogP contribution in [0.15, 0.2) is 27.2 Å². The Labute approximate surface area is 134 Å². The number of halogens is 1. The third-order valence-corrected chi connectivity index (χ3v) is 3.93. The minimum atomic E-state index is 0.00253. The van der Waals surface area contributed by atoms with Crippen LogP contribution in [0.1, 0.15) is 30.2 Å². The van der Waals surface area contributed by atoms with Gasteiger partial charge in [0.25, 0.3) is 0 Å². The van der Waals surface area contributed by atoms with E-state index in [1.165, 1.54) is 0 Å². The van der Waals surface area contributed by atoms with E-state index in [1.54, 1.807) is 0 Å². The summed E-state index contributed by atoms with van der Waals surface area (Å²) in [4.78, 5) is 2.15. The SMILES string of the molecule is CCNC(c1ccc(C)o1)c1c(Br)cnn1CCN(C)C. The number of nitrogens with zero attached hydrogens (tertiary/aromatic N) is 3. The molecule has 1 unspecified atom stereocenters. The van der Waals surface area contributed by atoms with Crippen LogP contribution in [0, 0.1) is 6.92 Å². The summed E-state index contributed by atoms with van der Waals surface area (Å²) in [5.41, 5.74) is 1.10. The summed E-state index contributed by atoms with van der Waals surface area (Å²) in [6.45, 7) is 6.70. The lowest BCUT2D eigenvalue weighted by Gasteiger charge is -2.19. The highest BCUT2D eigenvalue weighted by molar-refractivity contribution is 9.10. The van der Waals surface area contributed by atoms with Gasteiger partial charge in [0.2, 0.25) is 0 Å². The van der Waals surface area contributed by atoms with Crippen LogP contribution in [0.3, 0.4) is 0 Å². The molecule has 0 fully saturated rings. The molecular formula is C15H23BrN4O.